The lowest BCUT2D eigenvalue weighted by Gasteiger charge is -2.25. The van der Waals surface area contributed by atoms with Gasteiger partial charge in [0.1, 0.15) is 5.75 Å². The first kappa shape index (κ1) is 14.9. The molecule has 2 rings (SSSR count). The second kappa shape index (κ2) is 7.30. The van der Waals surface area contributed by atoms with Crippen molar-refractivity contribution in [2.75, 3.05) is 13.2 Å². The predicted octanol–water partition coefficient (Wildman–Crippen LogP) is 4.69. The molecule has 1 fully saturated rings. The molecule has 1 aliphatic rings. The van der Waals surface area contributed by atoms with Crippen LogP contribution in [0, 0.1) is 5.92 Å². The highest BCUT2D eigenvalue weighted by Crippen LogP contribution is 2.31. The molecular weight excluding hydrogens is 302 g/mol. The zero-order valence-corrected chi connectivity index (χ0v) is 13.5. The molecule has 0 radical (unpaired) electrons. The Morgan fingerprint density at radius 3 is 2.84 bits per heavy atom. The van der Waals surface area contributed by atoms with Crippen LogP contribution in [0.1, 0.15) is 51.1 Å². The highest BCUT2D eigenvalue weighted by atomic mass is 79.9. The van der Waals surface area contributed by atoms with Gasteiger partial charge in [-0.25, -0.2) is 0 Å². The number of nitrogens with one attached hydrogen (secondary N) is 1. The van der Waals surface area contributed by atoms with Gasteiger partial charge in [-0.1, -0.05) is 42.1 Å². The van der Waals surface area contributed by atoms with Gasteiger partial charge in [0.15, 0.2) is 0 Å². The Morgan fingerprint density at radius 2 is 2.21 bits per heavy atom. The van der Waals surface area contributed by atoms with E-state index < -0.39 is 0 Å². The molecule has 0 saturated heterocycles. The summed E-state index contributed by atoms with van der Waals surface area (Å²) in [5, 5.41) is 3.45. The minimum atomic E-state index is 0.321. The summed E-state index contributed by atoms with van der Waals surface area (Å²) < 4.78 is 7.11. The summed E-state index contributed by atoms with van der Waals surface area (Å²) in [5.74, 6) is 1.93. The topological polar surface area (TPSA) is 21.3 Å². The van der Waals surface area contributed by atoms with Crippen LogP contribution >= 0.6 is 15.9 Å². The largest absolute Gasteiger partial charge is 0.493 e. The first-order chi connectivity index (χ1) is 9.20. The van der Waals surface area contributed by atoms with Crippen molar-refractivity contribution in [3.8, 4) is 5.75 Å². The van der Waals surface area contributed by atoms with Crippen LogP contribution in [-0.4, -0.2) is 13.2 Å². The van der Waals surface area contributed by atoms with Crippen LogP contribution in [0.3, 0.4) is 0 Å². The third-order valence-electron chi connectivity index (χ3n) is 3.96. The molecule has 3 heteroatoms. The van der Waals surface area contributed by atoms with Crippen LogP contribution < -0.4 is 10.1 Å². The molecule has 0 amide bonds. The van der Waals surface area contributed by atoms with Crippen molar-refractivity contribution in [1.82, 2.24) is 5.32 Å². The molecule has 1 aromatic rings. The maximum absolute atomic E-state index is 6.01. The molecule has 1 unspecified atom stereocenters. The van der Waals surface area contributed by atoms with E-state index in [0.29, 0.717) is 6.04 Å². The van der Waals surface area contributed by atoms with E-state index >= 15 is 0 Å². The number of halogens is 1. The number of ether oxygens (including phenoxy) is 1. The monoisotopic (exact) mass is 325 g/mol. The van der Waals surface area contributed by atoms with E-state index in [1.54, 1.807) is 0 Å². The number of hydrogen-bond donors (Lipinski definition) is 1. The molecule has 106 valence electrons. The predicted molar refractivity (Wildman–Crippen MR) is 83.7 cm³/mol. The second-order valence-corrected chi connectivity index (χ2v) is 6.31. The fourth-order valence-electron chi connectivity index (χ4n) is 2.52. The van der Waals surface area contributed by atoms with E-state index in [1.165, 1.54) is 31.2 Å². The van der Waals surface area contributed by atoms with Gasteiger partial charge in [-0.2, -0.15) is 0 Å². The van der Waals surface area contributed by atoms with E-state index in [4.69, 9.17) is 4.74 Å². The van der Waals surface area contributed by atoms with Gasteiger partial charge in [0.05, 0.1) is 6.61 Å². The lowest BCUT2D eigenvalue weighted by molar-refractivity contribution is 0.220. The maximum atomic E-state index is 6.01. The van der Waals surface area contributed by atoms with Gasteiger partial charge in [0, 0.05) is 16.1 Å². The van der Waals surface area contributed by atoms with Crippen molar-refractivity contribution in [3.05, 3.63) is 28.2 Å². The minimum absolute atomic E-state index is 0.321. The summed E-state index contributed by atoms with van der Waals surface area (Å²) in [6.45, 7) is 6.13. The van der Waals surface area contributed by atoms with E-state index in [-0.39, 0.29) is 0 Å². The van der Waals surface area contributed by atoms with Crippen LogP contribution in [0.2, 0.25) is 0 Å². The zero-order chi connectivity index (χ0) is 13.7. The normalized spacial score (nSPS) is 17.0. The van der Waals surface area contributed by atoms with E-state index in [1.807, 2.05) is 0 Å². The highest BCUT2D eigenvalue weighted by Gasteiger charge is 2.17. The Bertz CT molecular complexity index is 404. The van der Waals surface area contributed by atoms with Gasteiger partial charge in [0.25, 0.3) is 0 Å². The first-order valence-electron chi connectivity index (χ1n) is 7.36. The van der Waals surface area contributed by atoms with Crippen molar-refractivity contribution in [1.29, 1.82) is 0 Å². The third kappa shape index (κ3) is 4.22. The molecule has 2 nitrogen and oxygen atoms in total. The molecule has 0 aliphatic heterocycles. The Balaban J connectivity index is 1.96. The summed E-state index contributed by atoms with van der Waals surface area (Å²) in [5.41, 5.74) is 1.24. The quantitative estimate of drug-likeness (QED) is 0.785. The lowest BCUT2D eigenvalue weighted by atomic mass is 9.83. The van der Waals surface area contributed by atoms with Gasteiger partial charge in [-0.05, 0) is 44.0 Å². The molecule has 0 aromatic heterocycles. The summed E-state index contributed by atoms with van der Waals surface area (Å²) >= 11 is 3.54. The average Bonchev–Trinajstić information content (AvgIpc) is 2.34. The van der Waals surface area contributed by atoms with E-state index in [0.717, 1.165) is 29.3 Å². The SMILES string of the molecule is CCNC(C)c1cc(Br)ccc1OCCC1CCC1. The number of benzene rings is 1. The Morgan fingerprint density at radius 1 is 1.42 bits per heavy atom. The zero-order valence-electron chi connectivity index (χ0n) is 11.9. The molecule has 1 atom stereocenters. The van der Waals surface area contributed by atoms with Crippen LogP contribution in [0.15, 0.2) is 22.7 Å². The molecule has 0 bridgehead atoms. The fraction of sp³-hybridized carbons (Fsp3) is 0.625. The van der Waals surface area contributed by atoms with Crippen LogP contribution in [0.4, 0.5) is 0 Å². The minimum Gasteiger partial charge on any atom is -0.493 e. The average molecular weight is 326 g/mol. The summed E-state index contributed by atoms with van der Waals surface area (Å²) in [6.07, 6.45) is 5.39. The fourth-order valence-corrected chi connectivity index (χ4v) is 2.90. The molecule has 1 saturated carbocycles. The van der Waals surface area contributed by atoms with E-state index in [9.17, 15) is 0 Å². The molecule has 0 spiro atoms. The molecule has 19 heavy (non-hydrogen) atoms. The molecule has 1 aliphatic carbocycles. The standard InChI is InChI=1S/C16H24BrNO/c1-3-18-12(2)15-11-14(17)7-8-16(15)19-10-9-13-5-4-6-13/h7-8,11-13,18H,3-6,9-10H2,1-2H3. The van der Waals surface area contributed by atoms with Gasteiger partial charge < -0.3 is 10.1 Å². The van der Waals surface area contributed by atoms with E-state index in [2.05, 4.69) is 53.3 Å². The number of rotatable bonds is 7. The summed E-state index contributed by atoms with van der Waals surface area (Å²) in [7, 11) is 0. The van der Waals surface area contributed by atoms with Crippen molar-refractivity contribution >= 4 is 15.9 Å². The summed E-state index contributed by atoms with van der Waals surface area (Å²) in [4.78, 5) is 0. The number of hydrogen-bond acceptors (Lipinski definition) is 2. The van der Waals surface area contributed by atoms with Crippen molar-refractivity contribution in [3.63, 3.8) is 0 Å². The van der Waals surface area contributed by atoms with Crippen molar-refractivity contribution < 1.29 is 4.74 Å². The van der Waals surface area contributed by atoms with Gasteiger partial charge >= 0.3 is 0 Å². The Hall–Kier alpha value is -0.540. The lowest BCUT2D eigenvalue weighted by Crippen LogP contribution is -2.19. The van der Waals surface area contributed by atoms with Gasteiger partial charge in [-0.15, -0.1) is 0 Å². The second-order valence-electron chi connectivity index (χ2n) is 5.40. The summed E-state index contributed by atoms with van der Waals surface area (Å²) in [6, 6.07) is 6.61. The Labute approximate surface area is 125 Å². The Kier molecular flexibility index (Phi) is 5.71. The van der Waals surface area contributed by atoms with Crippen molar-refractivity contribution in [2.24, 2.45) is 5.92 Å². The van der Waals surface area contributed by atoms with Crippen LogP contribution in [-0.2, 0) is 0 Å². The van der Waals surface area contributed by atoms with Crippen molar-refractivity contribution in [2.45, 2.75) is 45.6 Å². The molecule has 1 N–H and O–H groups in total. The smallest absolute Gasteiger partial charge is 0.124 e. The third-order valence-corrected chi connectivity index (χ3v) is 4.45. The van der Waals surface area contributed by atoms with Gasteiger partial charge in [0.2, 0.25) is 0 Å². The first-order valence-corrected chi connectivity index (χ1v) is 8.15. The van der Waals surface area contributed by atoms with Crippen LogP contribution in [0.5, 0.6) is 5.75 Å². The molecule has 1 aromatic carbocycles. The van der Waals surface area contributed by atoms with Gasteiger partial charge in [-0.3, -0.25) is 0 Å². The maximum Gasteiger partial charge on any atom is 0.124 e. The molecule has 0 heterocycles. The molecular formula is C16H24BrNO. The van der Waals surface area contributed by atoms with Crippen LogP contribution in [0.25, 0.3) is 0 Å². The highest BCUT2D eigenvalue weighted by molar-refractivity contribution is 9.10.